The Balaban J connectivity index is 2.09. The molecule has 0 saturated heterocycles. The summed E-state index contributed by atoms with van der Waals surface area (Å²) < 4.78 is 0. The van der Waals surface area contributed by atoms with Crippen molar-refractivity contribution in [3.05, 3.63) is 72.6 Å². The van der Waals surface area contributed by atoms with Gasteiger partial charge in [0.1, 0.15) is 6.33 Å². The first-order chi connectivity index (χ1) is 14.0. The molecule has 0 bridgehead atoms. The highest BCUT2D eigenvalue weighted by molar-refractivity contribution is 5.70. The van der Waals surface area contributed by atoms with Crippen molar-refractivity contribution in [1.29, 1.82) is 0 Å². The van der Waals surface area contributed by atoms with E-state index in [0.717, 1.165) is 29.8 Å². The van der Waals surface area contributed by atoms with Gasteiger partial charge in [-0.15, -0.1) is 0 Å². The van der Waals surface area contributed by atoms with Crippen LogP contribution in [0.4, 0.5) is 0 Å². The molecule has 2 nitrogen and oxygen atoms in total. The van der Waals surface area contributed by atoms with Gasteiger partial charge in [-0.25, -0.2) is 9.97 Å². The first-order valence-electron chi connectivity index (χ1n) is 11.0. The minimum Gasteiger partial charge on any atom is -0.236 e. The van der Waals surface area contributed by atoms with Crippen LogP contribution in [0.2, 0.25) is 0 Å². The maximum absolute atomic E-state index is 4.68. The third kappa shape index (κ3) is 4.58. The Morgan fingerprint density at radius 1 is 0.793 bits per heavy atom. The molecule has 29 heavy (non-hydrogen) atoms. The predicted molar refractivity (Wildman–Crippen MR) is 124 cm³/mol. The van der Waals surface area contributed by atoms with E-state index >= 15 is 0 Å². The zero-order valence-electron chi connectivity index (χ0n) is 18.5. The molecule has 0 spiro atoms. The fraction of sp³-hybridized carbons (Fsp3) is 0.407. The fourth-order valence-electron chi connectivity index (χ4n) is 4.32. The van der Waals surface area contributed by atoms with Crippen LogP contribution in [0.25, 0.3) is 22.5 Å². The topological polar surface area (TPSA) is 25.8 Å². The van der Waals surface area contributed by atoms with E-state index in [2.05, 4.69) is 99.2 Å². The number of hydrogen-bond donors (Lipinski definition) is 0. The standard InChI is InChI=1S/C27H34N2/c1-6-27(7-2,18-21(5)20(3)4)24-16-12-11-15-23(24)26-17-25(28-19-29-26)22-13-9-8-10-14-22/h8-17,19-21H,6-7,18H2,1-5H3. The van der Waals surface area contributed by atoms with Gasteiger partial charge in [0, 0.05) is 11.1 Å². The molecule has 152 valence electrons. The van der Waals surface area contributed by atoms with E-state index in [1.54, 1.807) is 6.33 Å². The Bertz CT molecular complexity index is 911. The molecule has 0 radical (unpaired) electrons. The smallest absolute Gasteiger partial charge is 0.116 e. The summed E-state index contributed by atoms with van der Waals surface area (Å²) in [6, 6.07) is 21.3. The van der Waals surface area contributed by atoms with Crippen molar-refractivity contribution in [2.24, 2.45) is 11.8 Å². The molecule has 2 aromatic carbocycles. The van der Waals surface area contributed by atoms with Crippen molar-refractivity contribution in [3.63, 3.8) is 0 Å². The van der Waals surface area contributed by atoms with Gasteiger partial charge >= 0.3 is 0 Å². The van der Waals surface area contributed by atoms with Crippen LogP contribution in [-0.4, -0.2) is 9.97 Å². The van der Waals surface area contributed by atoms with Gasteiger partial charge < -0.3 is 0 Å². The molecule has 0 aliphatic heterocycles. The molecule has 1 unspecified atom stereocenters. The highest BCUT2D eigenvalue weighted by atomic mass is 14.8. The number of nitrogens with zero attached hydrogens (tertiary/aromatic N) is 2. The van der Waals surface area contributed by atoms with Crippen LogP contribution in [0, 0.1) is 11.8 Å². The number of benzene rings is 2. The van der Waals surface area contributed by atoms with Crippen molar-refractivity contribution < 1.29 is 0 Å². The average molecular weight is 387 g/mol. The zero-order valence-corrected chi connectivity index (χ0v) is 18.5. The maximum Gasteiger partial charge on any atom is 0.116 e. The van der Waals surface area contributed by atoms with Gasteiger partial charge in [0.05, 0.1) is 11.4 Å². The van der Waals surface area contributed by atoms with E-state index in [9.17, 15) is 0 Å². The Kier molecular flexibility index (Phi) is 6.84. The van der Waals surface area contributed by atoms with Gasteiger partial charge in [0.25, 0.3) is 0 Å². The molecule has 1 heterocycles. The second-order valence-electron chi connectivity index (χ2n) is 8.61. The third-order valence-corrected chi connectivity index (χ3v) is 6.72. The van der Waals surface area contributed by atoms with Crippen LogP contribution in [0.1, 0.15) is 59.4 Å². The van der Waals surface area contributed by atoms with Crippen molar-refractivity contribution in [2.45, 2.75) is 59.3 Å². The lowest BCUT2D eigenvalue weighted by Gasteiger charge is -2.37. The number of hydrogen-bond acceptors (Lipinski definition) is 2. The summed E-state index contributed by atoms with van der Waals surface area (Å²) in [4.78, 5) is 9.21. The van der Waals surface area contributed by atoms with Crippen molar-refractivity contribution in [2.75, 3.05) is 0 Å². The minimum atomic E-state index is 0.165. The molecular formula is C27H34N2. The van der Waals surface area contributed by atoms with Crippen LogP contribution < -0.4 is 0 Å². The first-order valence-corrected chi connectivity index (χ1v) is 11.0. The van der Waals surface area contributed by atoms with E-state index < -0.39 is 0 Å². The highest BCUT2D eigenvalue weighted by Gasteiger charge is 2.33. The summed E-state index contributed by atoms with van der Waals surface area (Å²) in [5.41, 5.74) is 5.94. The van der Waals surface area contributed by atoms with Gasteiger partial charge in [-0.1, -0.05) is 89.2 Å². The Morgan fingerprint density at radius 3 is 2.07 bits per heavy atom. The van der Waals surface area contributed by atoms with Crippen LogP contribution in [0.5, 0.6) is 0 Å². The van der Waals surface area contributed by atoms with Crippen molar-refractivity contribution in [1.82, 2.24) is 9.97 Å². The highest BCUT2D eigenvalue weighted by Crippen LogP contribution is 2.43. The average Bonchev–Trinajstić information content (AvgIpc) is 2.78. The van der Waals surface area contributed by atoms with Crippen molar-refractivity contribution in [3.8, 4) is 22.5 Å². The van der Waals surface area contributed by atoms with E-state index in [-0.39, 0.29) is 5.41 Å². The summed E-state index contributed by atoms with van der Waals surface area (Å²) in [7, 11) is 0. The van der Waals surface area contributed by atoms with Crippen molar-refractivity contribution >= 4 is 0 Å². The molecule has 1 aromatic heterocycles. The lowest BCUT2D eigenvalue weighted by atomic mass is 9.67. The summed E-state index contributed by atoms with van der Waals surface area (Å²) in [5.74, 6) is 1.36. The second-order valence-corrected chi connectivity index (χ2v) is 8.61. The lowest BCUT2D eigenvalue weighted by Crippen LogP contribution is -2.29. The van der Waals surface area contributed by atoms with Crippen LogP contribution in [0.3, 0.4) is 0 Å². The summed E-state index contributed by atoms with van der Waals surface area (Å²) >= 11 is 0. The van der Waals surface area contributed by atoms with Crippen LogP contribution in [-0.2, 0) is 5.41 Å². The normalized spacial score (nSPS) is 12.9. The molecule has 2 heteroatoms. The molecule has 3 aromatic rings. The molecule has 0 amide bonds. The lowest BCUT2D eigenvalue weighted by molar-refractivity contribution is 0.262. The van der Waals surface area contributed by atoms with Gasteiger partial charge in [0.15, 0.2) is 0 Å². The first kappa shape index (κ1) is 21.2. The van der Waals surface area contributed by atoms with Crippen LogP contribution in [0.15, 0.2) is 67.0 Å². The van der Waals surface area contributed by atoms with Crippen LogP contribution >= 0.6 is 0 Å². The SMILES string of the molecule is CCC(CC)(CC(C)C(C)C)c1ccccc1-c1cc(-c2ccccc2)ncn1. The minimum absolute atomic E-state index is 0.165. The zero-order chi connectivity index (χ0) is 20.9. The molecule has 0 fully saturated rings. The quantitative estimate of drug-likeness (QED) is 0.399. The van der Waals surface area contributed by atoms with Gasteiger partial charge in [-0.3, -0.25) is 0 Å². The Labute approximate surface area is 176 Å². The Morgan fingerprint density at radius 2 is 1.41 bits per heavy atom. The molecule has 0 aliphatic rings. The number of aromatic nitrogens is 2. The van der Waals surface area contributed by atoms with E-state index in [4.69, 9.17) is 0 Å². The molecular weight excluding hydrogens is 352 g/mol. The predicted octanol–water partition coefficient (Wildman–Crippen LogP) is 7.55. The molecule has 3 rings (SSSR count). The van der Waals surface area contributed by atoms with Gasteiger partial charge in [-0.2, -0.15) is 0 Å². The van der Waals surface area contributed by atoms with Gasteiger partial charge in [0.2, 0.25) is 0 Å². The summed E-state index contributed by atoms with van der Waals surface area (Å²) in [6.07, 6.45) is 5.17. The van der Waals surface area contributed by atoms with E-state index in [1.165, 1.54) is 17.5 Å². The molecule has 0 N–H and O–H groups in total. The molecule has 0 aliphatic carbocycles. The van der Waals surface area contributed by atoms with Gasteiger partial charge in [-0.05, 0) is 48.1 Å². The maximum atomic E-state index is 4.68. The molecule has 0 saturated carbocycles. The second kappa shape index (κ2) is 9.35. The summed E-state index contributed by atoms with van der Waals surface area (Å²) in [5, 5.41) is 0. The molecule has 1 atom stereocenters. The Hall–Kier alpha value is -2.48. The summed E-state index contributed by atoms with van der Waals surface area (Å²) in [6.45, 7) is 11.7. The largest absolute Gasteiger partial charge is 0.236 e. The monoisotopic (exact) mass is 386 g/mol. The fourth-order valence-corrected chi connectivity index (χ4v) is 4.32. The number of rotatable bonds is 8. The van der Waals surface area contributed by atoms with E-state index in [0.29, 0.717) is 11.8 Å². The van der Waals surface area contributed by atoms with E-state index in [1.807, 2.05) is 6.07 Å². The third-order valence-electron chi connectivity index (χ3n) is 6.72.